The first kappa shape index (κ1) is 14.5. The van der Waals surface area contributed by atoms with Crippen LogP contribution in [0.5, 0.6) is 0 Å². The minimum atomic E-state index is -3.05. The number of aryl methyl sites for hydroxylation is 1. The number of sulfone groups is 1. The summed E-state index contributed by atoms with van der Waals surface area (Å²) in [5.74, 6) is -0.273. The molecule has 6 heteroatoms. The lowest BCUT2D eigenvalue weighted by Crippen LogP contribution is -2.29. The van der Waals surface area contributed by atoms with Crippen molar-refractivity contribution < 1.29 is 13.2 Å². The molecule has 0 atom stereocenters. The normalized spacial score (nSPS) is 11.2. The number of benzene rings is 1. The molecular formula is C12H18N2O3S. The first-order valence-electron chi connectivity index (χ1n) is 5.70. The highest BCUT2D eigenvalue weighted by molar-refractivity contribution is 7.91. The van der Waals surface area contributed by atoms with Crippen molar-refractivity contribution in [1.29, 1.82) is 0 Å². The molecule has 0 aliphatic carbocycles. The van der Waals surface area contributed by atoms with E-state index in [2.05, 4.69) is 5.32 Å². The van der Waals surface area contributed by atoms with Gasteiger partial charge in [0.15, 0.2) is 9.84 Å². The van der Waals surface area contributed by atoms with Crippen LogP contribution in [0, 0.1) is 6.92 Å². The van der Waals surface area contributed by atoms with Crippen molar-refractivity contribution in [3.63, 3.8) is 0 Å². The van der Waals surface area contributed by atoms with Crippen LogP contribution in [-0.2, 0) is 9.84 Å². The lowest BCUT2D eigenvalue weighted by molar-refractivity contribution is 0.0956. The van der Waals surface area contributed by atoms with Gasteiger partial charge in [-0.05, 0) is 24.6 Å². The van der Waals surface area contributed by atoms with Crippen molar-refractivity contribution in [2.24, 2.45) is 0 Å². The molecule has 5 nitrogen and oxygen atoms in total. The lowest BCUT2D eigenvalue weighted by atomic mass is 10.1. The van der Waals surface area contributed by atoms with Gasteiger partial charge in [0, 0.05) is 23.5 Å². The summed E-state index contributed by atoms with van der Waals surface area (Å²) >= 11 is 0. The molecule has 1 rings (SSSR count). The number of carbonyl (C=O) groups is 1. The topological polar surface area (TPSA) is 89.3 Å². The highest BCUT2D eigenvalue weighted by Crippen LogP contribution is 2.12. The summed E-state index contributed by atoms with van der Waals surface area (Å²) in [6.45, 7) is 3.55. The maximum absolute atomic E-state index is 11.7. The summed E-state index contributed by atoms with van der Waals surface area (Å²) in [5, 5.41) is 2.56. The van der Waals surface area contributed by atoms with Crippen molar-refractivity contribution in [2.45, 2.75) is 13.8 Å². The van der Waals surface area contributed by atoms with E-state index in [0.29, 0.717) is 11.3 Å². The Labute approximate surface area is 107 Å². The molecule has 0 aliphatic rings. The van der Waals surface area contributed by atoms with Crippen molar-refractivity contribution in [2.75, 3.05) is 23.8 Å². The van der Waals surface area contributed by atoms with E-state index in [-0.39, 0.29) is 24.0 Å². The zero-order chi connectivity index (χ0) is 13.8. The molecule has 0 aliphatic heterocycles. The molecule has 0 radical (unpaired) electrons. The second-order valence-corrected chi connectivity index (χ2v) is 6.54. The first-order valence-corrected chi connectivity index (χ1v) is 7.52. The molecule has 18 heavy (non-hydrogen) atoms. The van der Waals surface area contributed by atoms with Crippen molar-refractivity contribution in [3.8, 4) is 0 Å². The summed E-state index contributed by atoms with van der Waals surface area (Å²) in [6, 6.07) is 5.00. The Hall–Kier alpha value is -1.56. The van der Waals surface area contributed by atoms with E-state index < -0.39 is 9.84 Å². The van der Waals surface area contributed by atoms with Crippen LogP contribution in [0.15, 0.2) is 18.2 Å². The Bertz CT molecular complexity index is 538. The number of amides is 1. The molecule has 0 unspecified atom stereocenters. The van der Waals surface area contributed by atoms with Crippen LogP contribution in [0.2, 0.25) is 0 Å². The smallest absolute Gasteiger partial charge is 0.251 e. The molecule has 1 amide bonds. The van der Waals surface area contributed by atoms with Gasteiger partial charge in [-0.2, -0.15) is 0 Å². The van der Waals surface area contributed by atoms with Crippen LogP contribution in [0.4, 0.5) is 5.69 Å². The first-order chi connectivity index (χ1) is 8.35. The Kier molecular flexibility index (Phi) is 4.72. The van der Waals surface area contributed by atoms with Gasteiger partial charge in [-0.25, -0.2) is 8.42 Å². The van der Waals surface area contributed by atoms with E-state index in [1.165, 1.54) is 0 Å². The van der Waals surface area contributed by atoms with Crippen LogP contribution in [0.25, 0.3) is 0 Å². The van der Waals surface area contributed by atoms with Crippen molar-refractivity contribution >= 4 is 21.4 Å². The molecule has 3 N–H and O–H groups in total. The predicted octanol–water partition coefficient (Wildman–Crippen LogP) is 0.742. The second kappa shape index (κ2) is 5.86. The summed E-state index contributed by atoms with van der Waals surface area (Å²) < 4.78 is 22.5. The van der Waals surface area contributed by atoms with E-state index >= 15 is 0 Å². The average Bonchev–Trinajstić information content (AvgIpc) is 2.32. The minimum absolute atomic E-state index is 0.0451. The summed E-state index contributed by atoms with van der Waals surface area (Å²) in [4.78, 5) is 11.7. The fourth-order valence-electron chi connectivity index (χ4n) is 1.35. The van der Waals surface area contributed by atoms with Crippen LogP contribution >= 0.6 is 0 Å². The number of hydrogen-bond donors (Lipinski definition) is 2. The van der Waals surface area contributed by atoms with E-state index in [1.807, 2.05) is 6.92 Å². The number of nitrogen functional groups attached to an aromatic ring is 1. The predicted molar refractivity (Wildman–Crippen MR) is 72.3 cm³/mol. The molecule has 100 valence electrons. The van der Waals surface area contributed by atoms with Gasteiger partial charge in [0.05, 0.1) is 5.75 Å². The maximum Gasteiger partial charge on any atom is 0.251 e. The number of carbonyl (C=O) groups excluding carboxylic acids is 1. The monoisotopic (exact) mass is 270 g/mol. The third-order valence-electron chi connectivity index (χ3n) is 2.68. The Morgan fingerprint density at radius 2 is 2.06 bits per heavy atom. The van der Waals surface area contributed by atoms with E-state index in [1.54, 1.807) is 25.1 Å². The molecule has 0 saturated heterocycles. The number of nitrogens with two attached hydrogens (primary N) is 1. The molecule has 0 fully saturated rings. The largest absolute Gasteiger partial charge is 0.398 e. The van der Waals surface area contributed by atoms with Gasteiger partial charge in [-0.1, -0.05) is 13.0 Å². The lowest BCUT2D eigenvalue weighted by Gasteiger charge is -2.07. The van der Waals surface area contributed by atoms with Gasteiger partial charge < -0.3 is 11.1 Å². The van der Waals surface area contributed by atoms with Gasteiger partial charge in [0.25, 0.3) is 5.91 Å². The molecule has 0 bridgehead atoms. The zero-order valence-electron chi connectivity index (χ0n) is 10.6. The minimum Gasteiger partial charge on any atom is -0.398 e. The molecule has 0 spiro atoms. The SMILES string of the molecule is CCS(=O)(=O)CCNC(=O)c1ccc(C)c(N)c1. The fraction of sp³-hybridized carbons (Fsp3) is 0.417. The van der Waals surface area contributed by atoms with Gasteiger partial charge in [0.2, 0.25) is 0 Å². The quantitative estimate of drug-likeness (QED) is 0.772. The van der Waals surface area contributed by atoms with E-state index in [4.69, 9.17) is 5.73 Å². The van der Waals surface area contributed by atoms with Crippen LogP contribution in [-0.4, -0.2) is 32.4 Å². The number of anilines is 1. The third kappa shape index (κ3) is 4.03. The van der Waals surface area contributed by atoms with Gasteiger partial charge in [-0.3, -0.25) is 4.79 Å². The Morgan fingerprint density at radius 3 is 2.61 bits per heavy atom. The number of nitrogens with one attached hydrogen (secondary N) is 1. The average molecular weight is 270 g/mol. The van der Waals surface area contributed by atoms with Crippen LogP contribution in [0.3, 0.4) is 0 Å². The number of rotatable bonds is 5. The fourth-order valence-corrected chi connectivity index (χ4v) is 2.05. The van der Waals surface area contributed by atoms with Gasteiger partial charge in [-0.15, -0.1) is 0 Å². The van der Waals surface area contributed by atoms with E-state index in [0.717, 1.165) is 5.56 Å². The maximum atomic E-state index is 11.7. The highest BCUT2D eigenvalue weighted by Gasteiger charge is 2.10. The highest BCUT2D eigenvalue weighted by atomic mass is 32.2. The molecule has 0 saturated carbocycles. The molecule has 1 aromatic rings. The summed E-state index contributed by atoms with van der Waals surface area (Å²) in [7, 11) is -3.05. The molecule has 0 heterocycles. The number of hydrogen-bond acceptors (Lipinski definition) is 4. The standard InChI is InChI=1S/C12H18N2O3S/c1-3-18(16,17)7-6-14-12(15)10-5-4-9(2)11(13)8-10/h4-5,8H,3,6-7,13H2,1-2H3,(H,14,15). The van der Waals surface area contributed by atoms with Crippen LogP contribution in [0.1, 0.15) is 22.8 Å². The van der Waals surface area contributed by atoms with Crippen molar-refractivity contribution in [3.05, 3.63) is 29.3 Å². The zero-order valence-corrected chi connectivity index (χ0v) is 11.4. The van der Waals surface area contributed by atoms with Gasteiger partial charge in [0.1, 0.15) is 0 Å². The molecule has 1 aromatic carbocycles. The second-order valence-electron chi connectivity index (χ2n) is 4.06. The van der Waals surface area contributed by atoms with Crippen LogP contribution < -0.4 is 11.1 Å². The summed E-state index contributed by atoms with van der Waals surface area (Å²) in [5.41, 5.74) is 7.59. The van der Waals surface area contributed by atoms with Crippen molar-refractivity contribution in [1.82, 2.24) is 5.32 Å². The van der Waals surface area contributed by atoms with E-state index in [9.17, 15) is 13.2 Å². The Balaban J connectivity index is 2.58. The molecule has 0 aromatic heterocycles. The third-order valence-corrected chi connectivity index (χ3v) is 4.39. The van der Waals surface area contributed by atoms with Gasteiger partial charge >= 0.3 is 0 Å². The molecular weight excluding hydrogens is 252 g/mol. The summed E-state index contributed by atoms with van der Waals surface area (Å²) in [6.07, 6.45) is 0. The Morgan fingerprint density at radius 1 is 1.39 bits per heavy atom.